The first-order valence-corrected chi connectivity index (χ1v) is 7.22. The number of hydrogen-bond donors (Lipinski definition) is 0. The maximum absolute atomic E-state index is 3.05. The molecule has 0 saturated carbocycles. The minimum atomic E-state index is 0.962. The summed E-state index contributed by atoms with van der Waals surface area (Å²) in [5.74, 6) is 7.21. The summed E-state index contributed by atoms with van der Waals surface area (Å²) in [6.07, 6.45) is 1.04. The molecule has 8 heavy (non-hydrogen) atoms. The Morgan fingerprint density at radius 2 is 2.12 bits per heavy atom. The molecule has 0 bridgehead atoms. The van der Waals surface area contributed by atoms with Crippen LogP contribution < -0.4 is 0 Å². The van der Waals surface area contributed by atoms with Crippen molar-refractivity contribution in [2.24, 2.45) is 0 Å². The fourth-order valence-corrected chi connectivity index (χ4v) is 1.33. The lowest BCUT2D eigenvalue weighted by atomic mass is 10.5. The smallest absolute Gasteiger partial charge is 0.0609 e. The van der Waals surface area contributed by atoms with Crippen molar-refractivity contribution < 1.29 is 0 Å². The van der Waals surface area contributed by atoms with Crippen LogP contribution in [0.3, 0.4) is 0 Å². The SMILES string of the molecule is ICC#CCCSI. The van der Waals surface area contributed by atoms with E-state index in [2.05, 4.69) is 55.6 Å². The normalized spacial score (nSPS) is 7.75. The molecule has 0 rings (SSSR count). The molecule has 0 nitrogen and oxygen atoms in total. The summed E-state index contributed by atoms with van der Waals surface area (Å²) in [5, 5.41) is 0. The summed E-state index contributed by atoms with van der Waals surface area (Å²) in [6.45, 7) is 0. The van der Waals surface area contributed by atoms with Gasteiger partial charge in [0, 0.05) is 12.2 Å². The first kappa shape index (κ1) is 9.37. The van der Waals surface area contributed by atoms with E-state index in [0.29, 0.717) is 0 Å². The standard InChI is InChI=1S/C5H6I2S/c6-4-2-1-3-5-8-7/h3-5H2. The average Bonchev–Trinajstić information content (AvgIpc) is 1.81. The first-order valence-electron chi connectivity index (χ1n) is 2.17. The quantitative estimate of drug-likeness (QED) is 0.319. The van der Waals surface area contributed by atoms with Crippen molar-refractivity contribution in [3.8, 4) is 11.8 Å². The van der Waals surface area contributed by atoms with Gasteiger partial charge in [0.1, 0.15) is 0 Å². The zero-order chi connectivity index (χ0) is 6.24. The van der Waals surface area contributed by atoms with Crippen molar-refractivity contribution in [1.82, 2.24) is 0 Å². The lowest BCUT2D eigenvalue weighted by molar-refractivity contribution is 1.31. The van der Waals surface area contributed by atoms with Crippen LogP contribution in [0.25, 0.3) is 0 Å². The van der Waals surface area contributed by atoms with E-state index in [1.54, 1.807) is 0 Å². The lowest BCUT2D eigenvalue weighted by Gasteiger charge is -1.79. The van der Waals surface area contributed by atoms with E-state index in [-0.39, 0.29) is 0 Å². The van der Waals surface area contributed by atoms with Crippen molar-refractivity contribution in [3.63, 3.8) is 0 Å². The molecule has 3 heteroatoms. The molecule has 0 atom stereocenters. The van der Waals surface area contributed by atoms with E-state index in [9.17, 15) is 0 Å². The second-order valence-electron chi connectivity index (χ2n) is 1.05. The van der Waals surface area contributed by atoms with Crippen LogP contribution in [0.2, 0.25) is 0 Å². The minimum Gasteiger partial charge on any atom is -0.102 e. The van der Waals surface area contributed by atoms with Crippen molar-refractivity contribution in [2.45, 2.75) is 6.42 Å². The Morgan fingerprint density at radius 3 is 2.62 bits per heavy atom. The van der Waals surface area contributed by atoms with E-state index in [4.69, 9.17) is 0 Å². The summed E-state index contributed by atoms with van der Waals surface area (Å²) in [7, 11) is 1.82. The van der Waals surface area contributed by atoms with Crippen molar-refractivity contribution in [3.05, 3.63) is 0 Å². The Balaban J connectivity index is 2.90. The second-order valence-corrected chi connectivity index (χ2v) is 4.31. The molecule has 0 aliphatic heterocycles. The van der Waals surface area contributed by atoms with Gasteiger partial charge in [0.25, 0.3) is 0 Å². The van der Waals surface area contributed by atoms with Gasteiger partial charge < -0.3 is 0 Å². The van der Waals surface area contributed by atoms with Gasteiger partial charge in [-0.1, -0.05) is 37.4 Å². The van der Waals surface area contributed by atoms with E-state index >= 15 is 0 Å². The Kier molecular flexibility index (Phi) is 9.80. The zero-order valence-electron chi connectivity index (χ0n) is 4.29. The van der Waals surface area contributed by atoms with Crippen LogP contribution in [0.4, 0.5) is 0 Å². The van der Waals surface area contributed by atoms with Gasteiger partial charge in [0.2, 0.25) is 0 Å². The molecule has 46 valence electrons. The van der Waals surface area contributed by atoms with Crippen LogP contribution in [0.15, 0.2) is 0 Å². The van der Waals surface area contributed by atoms with Crippen molar-refractivity contribution in [1.29, 1.82) is 0 Å². The molecule has 0 spiro atoms. The van der Waals surface area contributed by atoms with E-state index in [1.807, 2.05) is 8.93 Å². The monoisotopic (exact) mass is 352 g/mol. The average molecular weight is 352 g/mol. The third-order valence-corrected chi connectivity index (χ3v) is 2.56. The molecule has 0 heterocycles. The number of alkyl halides is 1. The van der Waals surface area contributed by atoms with Gasteiger partial charge in [-0.15, -0.1) is 5.92 Å². The van der Waals surface area contributed by atoms with E-state index in [0.717, 1.165) is 16.6 Å². The molecule has 0 aromatic heterocycles. The summed E-state index contributed by atoms with van der Waals surface area (Å²) >= 11 is 4.54. The molecule has 0 amide bonds. The van der Waals surface area contributed by atoms with Gasteiger partial charge in [-0.3, -0.25) is 0 Å². The Bertz CT molecular complexity index is 92.3. The highest BCUT2D eigenvalue weighted by Gasteiger charge is 1.75. The molecule has 0 unspecified atom stereocenters. The molecule has 0 aromatic rings. The topological polar surface area (TPSA) is 0 Å². The van der Waals surface area contributed by atoms with Crippen LogP contribution in [0.1, 0.15) is 6.42 Å². The number of halogens is 2. The second kappa shape index (κ2) is 8.37. The number of rotatable bonds is 2. The van der Waals surface area contributed by atoms with Gasteiger partial charge >= 0.3 is 0 Å². The van der Waals surface area contributed by atoms with Gasteiger partial charge in [0.15, 0.2) is 0 Å². The van der Waals surface area contributed by atoms with Crippen LogP contribution in [-0.2, 0) is 0 Å². The third kappa shape index (κ3) is 7.37. The van der Waals surface area contributed by atoms with Gasteiger partial charge in [-0.25, -0.2) is 0 Å². The zero-order valence-corrected chi connectivity index (χ0v) is 9.42. The summed E-state index contributed by atoms with van der Waals surface area (Å²) in [4.78, 5) is 0. The predicted octanol–water partition coefficient (Wildman–Crippen LogP) is 2.90. The van der Waals surface area contributed by atoms with Crippen LogP contribution in [-0.4, -0.2) is 10.2 Å². The summed E-state index contributed by atoms with van der Waals surface area (Å²) in [6, 6.07) is 0. The highest BCUT2D eigenvalue weighted by atomic mass is 127. The van der Waals surface area contributed by atoms with Crippen molar-refractivity contribution >= 4 is 52.7 Å². The minimum absolute atomic E-state index is 0.962. The molecule has 0 radical (unpaired) electrons. The largest absolute Gasteiger partial charge is 0.102 e. The Morgan fingerprint density at radius 1 is 1.38 bits per heavy atom. The molecule has 0 N–H and O–H groups in total. The predicted molar refractivity (Wildman–Crippen MR) is 57.8 cm³/mol. The lowest BCUT2D eigenvalue weighted by Crippen LogP contribution is -1.68. The molecule has 0 fully saturated rings. The maximum atomic E-state index is 3.05. The third-order valence-electron chi connectivity index (χ3n) is 0.496. The first-order chi connectivity index (χ1) is 3.91. The van der Waals surface area contributed by atoms with Gasteiger partial charge in [-0.05, 0) is 21.2 Å². The Hall–Kier alpha value is 1.37. The van der Waals surface area contributed by atoms with Crippen LogP contribution in [0.5, 0.6) is 0 Å². The van der Waals surface area contributed by atoms with Crippen LogP contribution >= 0.6 is 52.7 Å². The van der Waals surface area contributed by atoms with Gasteiger partial charge in [-0.2, -0.15) is 0 Å². The van der Waals surface area contributed by atoms with E-state index in [1.165, 1.54) is 0 Å². The molecule has 0 aromatic carbocycles. The van der Waals surface area contributed by atoms with E-state index < -0.39 is 0 Å². The Labute approximate surface area is 80.3 Å². The summed E-state index contributed by atoms with van der Waals surface area (Å²) < 4.78 is 0.962. The fraction of sp³-hybridized carbons (Fsp3) is 0.600. The molecule has 0 saturated heterocycles. The fourth-order valence-electron chi connectivity index (χ4n) is 0.225. The van der Waals surface area contributed by atoms with Gasteiger partial charge in [0.05, 0.1) is 4.43 Å². The van der Waals surface area contributed by atoms with Crippen molar-refractivity contribution in [2.75, 3.05) is 10.2 Å². The maximum Gasteiger partial charge on any atom is 0.0609 e. The molecule has 0 aliphatic rings. The highest BCUT2D eigenvalue weighted by molar-refractivity contribution is 14.2. The number of hydrogen-bond acceptors (Lipinski definition) is 1. The molecular formula is C5H6I2S. The molecule has 0 aliphatic carbocycles. The molecular weight excluding hydrogens is 346 g/mol. The van der Waals surface area contributed by atoms with Crippen LogP contribution in [0, 0.1) is 11.8 Å². The highest BCUT2D eigenvalue weighted by Crippen LogP contribution is 2.10. The summed E-state index contributed by atoms with van der Waals surface area (Å²) in [5.41, 5.74) is 0.